The molecule has 1 unspecified atom stereocenters. The predicted molar refractivity (Wildman–Crippen MR) is 130 cm³/mol. The summed E-state index contributed by atoms with van der Waals surface area (Å²) in [6.07, 6.45) is 5.65. The molecule has 4 heterocycles. The van der Waals surface area contributed by atoms with E-state index in [1.54, 1.807) is 0 Å². The van der Waals surface area contributed by atoms with Gasteiger partial charge in [0.05, 0.1) is 18.3 Å². The zero-order valence-corrected chi connectivity index (χ0v) is 18.5. The van der Waals surface area contributed by atoms with Crippen molar-refractivity contribution in [1.29, 1.82) is 0 Å². The van der Waals surface area contributed by atoms with Gasteiger partial charge in [0.25, 0.3) is 5.91 Å². The smallest absolute Gasteiger partial charge is 0.252 e. The van der Waals surface area contributed by atoms with E-state index in [4.69, 9.17) is 4.74 Å². The van der Waals surface area contributed by atoms with Crippen LogP contribution in [0.4, 0.5) is 0 Å². The van der Waals surface area contributed by atoms with Gasteiger partial charge in [0, 0.05) is 71.6 Å². The van der Waals surface area contributed by atoms with Crippen molar-refractivity contribution in [1.82, 2.24) is 14.5 Å². The summed E-state index contributed by atoms with van der Waals surface area (Å²) < 4.78 is 10.5. The lowest BCUT2D eigenvalue weighted by atomic mass is 9.96. The van der Waals surface area contributed by atoms with E-state index in [2.05, 4.69) is 51.1 Å². The highest BCUT2D eigenvalue weighted by Gasteiger charge is 2.29. The maximum Gasteiger partial charge on any atom is 0.252 e. The molecule has 2 aromatic carbocycles. The fraction of sp³-hybridized carbons (Fsp3) is 0.296. The molecule has 0 spiro atoms. The summed E-state index contributed by atoms with van der Waals surface area (Å²) in [7, 11) is 0. The van der Waals surface area contributed by atoms with E-state index in [0.29, 0.717) is 13.2 Å². The first-order valence-electron chi connectivity index (χ1n) is 11.6. The molecule has 33 heavy (non-hydrogen) atoms. The van der Waals surface area contributed by atoms with Crippen LogP contribution < -0.4 is 5.32 Å². The van der Waals surface area contributed by atoms with E-state index < -0.39 is 0 Å². The van der Waals surface area contributed by atoms with Crippen molar-refractivity contribution >= 4 is 38.9 Å². The molecule has 0 aliphatic carbocycles. The Morgan fingerprint density at radius 3 is 2.36 bits per heavy atom. The molecule has 6 heteroatoms. The molecule has 2 aromatic heterocycles. The number of benzene rings is 2. The van der Waals surface area contributed by atoms with Crippen LogP contribution in [-0.4, -0.2) is 46.0 Å². The fourth-order valence-corrected chi connectivity index (χ4v) is 5.30. The summed E-state index contributed by atoms with van der Waals surface area (Å²) in [5.41, 5.74) is 6.13. The van der Waals surface area contributed by atoms with Gasteiger partial charge < -0.3 is 24.3 Å². The molecule has 2 aliphatic rings. The van der Waals surface area contributed by atoms with Crippen molar-refractivity contribution in [2.75, 3.05) is 19.8 Å². The van der Waals surface area contributed by atoms with Crippen molar-refractivity contribution in [2.24, 2.45) is 0 Å². The molecular formula is C27H27N3O3. The number of aliphatic hydroxyl groups is 1. The Bertz CT molecular complexity index is 1390. The Hall–Kier alpha value is -3.35. The summed E-state index contributed by atoms with van der Waals surface area (Å²) in [5.74, 6) is -0.0160. The van der Waals surface area contributed by atoms with E-state index in [0.717, 1.165) is 70.0 Å². The van der Waals surface area contributed by atoms with E-state index in [1.807, 2.05) is 24.3 Å². The Morgan fingerprint density at radius 1 is 0.939 bits per heavy atom. The summed E-state index contributed by atoms with van der Waals surface area (Å²) in [5, 5.41) is 15.2. The number of hydrogen-bond donors (Lipinski definition) is 2. The van der Waals surface area contributed by atoms with Gasteiger partial charge in [0.15, 0.2) is 0 Å². The van der Waals surface area contributed by atoms with Gasteiger partial charge in [0.1, 0.15) is 0 Å². The Morgan fingerprint density at radius 2 is 1.61 bits per heavy atom. The first-order valence-corrected chi connectivity index (χ1v) is 11.6. The normalized spacial score (nSPS) is 19.4. The highest BCUT2D eigenvalue weighted by Crippen LogP contribution is 2.38. The number of rotatable bonds is 1. The highest BCUT2D eigenvalue weighted by molar-refractivity contribution is 6.33. The number of carbonyl (C=O) groups is 1. The van der Waals surface area contributed by atoms with Gasteiger partial charge in [-0.05, 0) is 30.5 Å². The van der Waals surface area contributed by atoms with Crippen molar-refractivity contribution in [3.05, 3.63) is 72.1 Å². The van der Waals surface area contributed by atoms with Crippen LogP contribution in [0.25, 0.3) is 33.0 Å². The van der Waals surface area contributed by atoms with E-state index >= 15 is 0 Å². The Labute approximate surface area is 192 Å². The molecule has 2 N–H and O–H groups in total. The Balaban J connectivity index is 1.61. The highest BCUT2D eigenvalue weighted by atomic mass is 16.5. The average molecular weight is 442 g/mol. The third-order valence-corrected chi connectivity index (χ3v) is 6.92. The second kappa shape index (κ2) is 8.21. The van der Waals surface area contributed by atoms with Gasteiger partial charge in [-0.3, -0.25) is 4.79 Å². The lowest BCUT2D eigenvalue weighted by Gasteiger charge is -2.16. The number of ether oxygens (including phenoxy) is 1. The van der Waals surface area contributed by atoms with Gasteiger partial charge in [-0.2, -0.15) is 0 Å². The number of amides is 1. The number of carbonyl (C=O) groups excluding carboxylic acids is 1. The molecule has 6 nitrogen and oxygen atoms in total. The van der Waals surface area contributed by atoms with Crippen LogP contribution in [0.2, 0.25) is 0 Å². The van der Waals surface area contributed by atoms with E-state index in [1.165, 1.54) is 0 Å². The number of aliphatic hydroxyl groups excluding tert-OH is 1. The predicted octanol–water partition coefficient (Wildman–Crippen LogP) is 3.81. The molecule has 4 bridgehead atoms. The SMILES string of the molecule is O=C1NCC2=C1c1cn(c3ccccc13)CCCOC(CO)CCn1cc2c2ccccc21. The second-order valence-electron chi connectivity index (χ2n) is 8.86. The van der Waals surface area contributed by atoms with Gasteiger partial charge in [-0.15, -0.1) is 0 Å². The standard InChI is InChI=1S/C27H27N3O3/c31-17-18-10-12-30-15-22(19-6-1-3-8-24(19)30)21-14-28-27(32)26(21)23-16-29(11-5-13-33-18)25-9-4-2-7-20(23)25/h1-4,6-9,15-16,18,31H,5,10-14,17H2,(H,28,32). The first-order chi connectivity index (χ1) is 16.2. The molecule has 1 atom stereocenters. The number of hydrogen-bond acceptors (Lipinski definition) is 3. The van der Waals surface area contributed by atoms with E-state index in [9.17, 15) is 9.90 Å². The summed E-state index contributed by atoms with van der Waals surface area (Å²) in [6.45, 7) is 2.65. The molecule has 4 aromatic rings. The molecule has 2 aliphatic heterocycles. The number of aryl methyl sites for hydroxylation is 2. The molecule has 0 saturated carbocycles. The van der Waals surface area contributed by atoms with Crippen molar-refractivity contribution in [2.45, 2.75) is 32.0 Å². The topological polar surface area (TPSA) is 68.4 Å². The van der Waals surface area contributed by atoms with Gasteiger partial charge in [-0.1, -0.05) is 36.4 Å². The number of nitrogens with one attached hydrogen (secondary N) is 1. The minimum absolute atomic E-state index is 0.0103. The lowest BCUT2D eigenvalue weighted by molar-refractivity contribution is -0.114. The average Bonchev–Trinajstić information content (AvgIpc) is 3.51. The maximum atomic E-state index is 13.2. The number of para-hydroxylation sites is 2. The number of aromatic nitrogens is 2. The van der Waals surface area contributed by atoms with Crippen LogP contribution in [0.5, 0.6) is 0 Å². The molecule has 168 valence electrons. The van der Waals surface area contributed by atoms with Crippen LogP contribution in [0.15, 0.2) is 60.9 Å². The molecule has 0 fully saturated rings. The quantitative estimate of drug-likeness (QED) is 0.472. The monoisotopic (exact) mass is 441 g/mol. The summed E-state index contributed by atoms with van der Waals surface area (Å²) >= 11 is 0. The third kappa shape index (κ3) is 3.37. The fourth-order valence-electron chi connectivity index (χ4n) is 5.30. The third-order valence-electron chi connectivity index (χ3n) is 6.92. The zero-order valence-electron chi connectivity index (χ0n) is 18.5. The van der Waals surface area contributed by atoms with Crippen LogP contribution in [0.3, 0.4) is 0 Å². The minimum Gasteiger partial charge on any atom is -0.394 e. The first kappa shape index (κ1) is 20.3. The second-order valence-corrected chi connectivity index (χ2v) is 8.86. The molecule has 0 saturated heterocycles. The van der Waals surface area contributed by atoms with Gasteiger partial charge >= 0.3 is 0 Å². The van der Waals surface area contributed by atoms with Crippen LogP contribution in [-0.2, 0) is 22.6 Å². The molecular weight excluding hydrogens is 414 g/mol. The van der Waals surface area contributed by atoms with Crippen molar-refractivity contribution in [3.8, 4) is 0 Å². The van der Waals surface area contributed by atoms with Gasteiger partial charge in [-0.25, -0.2) is 0 Å². The van der Waals surface area contributed by atoms with Crippen molar-refractivity contribution in [3.63, 3.8) is 0 Å². The summed E-state index contributed by atoms with van der Waals surface area (Å²) in [6, 6.07) is 16.6. The Kier molecular flexibility index (Phi) is 5.04. The van der Waals surface area contributed by atoms with E-state index in [-0.39, 0.29) is 18.6 Å². The largest absolute Gasteiger partial charge is 0.394 e. The van der Waals surface area contributed by atoms with Crippen molar-refractivity contribution < 1.29 is 14.6 Å². The maximum absolute atomic E-state index is 13.2. The zero-order chi connectivity index (χ0) is 22.4. The van der Waals surface area contributed by atoms with Gasteiger partial charge in [0.2, 0.25) is 0 Å². The minimum atomic E-state index is -0.193. The molecule has 1 amide bonds. The molecule has 6 rings (SSSR count). The van der Waals surface area contributed by atoms with Crippen LogP contribution >= 0.6 is 0 Å². The van der Waals surface area contributed by atoms with Crippen LogP contribution in [0, 0.1) is 0 Å². The van der Waals surface area contributed by atoms with Crippen LogP contribution in [0.1, 0.15) is 24.0 Å². The lowest BCUT2D eigenvalue weighted by Crippen LogP contribution is -2.21. The molecule has 0 radical (unpaired) electrons. The summed E-state index contributed by atoms with van der Waals surface area (Å²) in [4.78, 5) is 13.2. The number of fused-ring (bicyclic) bond motifs is 12. The number of nitrogens with zero attached hydrogens (tertiary/aromatic N) is 2.